The average Bonchev–Trinajstić information content (AvgIpc) is 3.35. The molecule has 15 nitrogen and oxygen atoms in total. The molecule has 2 heterocycles. The Hall–Kier alpha value is -2.54. The zero-order valence-electron chi connectivity index (χ0n) is 43.0. The Morgan fingerprint density at radius 1 is 0.471 bits per heavy atom. The van der Waals surface area contributed by atoms with Crippen molar-refractivity contribution in [2.45, 2.75) is 261 Å². The van der Waals surface area contributed by atoms with E-state index in [9.17, 15) is 45.3 Å². The maximum Gasteiger partial charge on any atom is 0.306 e. The summed E-state index contributed by atoms with van der Waals surface area (Å²) in [6.45, 7) is 2.44. The van der Waals surface area contributed by atoms with Crippen molar-refractivity contribution in [3.63, 3.8) is 0 Å². The summed E-state index contributed by atoms with van der Waals surface area (Å²) in [5, 5.41) is 72.1. The average molecular weight is 997 g/mol. The van der Waals surface area contributed by atoms with Gasteiger partial charge in [-0.1, -0.05) is 172 Å². The minimum absolute atomic E-state index is 0.140. The Morgan fingerprint density at radius 3 is 1.44 bits per heavy atom. The van der Waals surface area contributed by atoms with E-state index in [1.54, 1.807) is 0 Å². The highest BCUT2D eigenvalue weighted by atomic mass is 16.7. The van der Waals surface area contributed by atoms with Gasteiger partial charge in [-0.15, -0.1) is 0 Å². The first-order valence-electron chi connectivity index (χ1n) is 27.3. The van der Waals surface area contributed by atoms with Crippen LogP contribution in [-0.2, 0) is 38.0 Å². The summed E-state index contributed by atoms with van der Waals surface area (Å²) in [5.74, 6) is -0.953. The van der Waals surface area contributed by atoms with Gasteiger partial charge in [-0.3, -0.25) is 9.59 Å². The summed E-state index contributed by atoms with van der Waals surface area (Å²) in [6, 6.07) is 0. The summed E-state index contributed by atoms with van der Waals surface area (Å²) in [6.07, 6.45) is 30.0. The number of hydrogen-bond acceptors (Lipinski definition) is 15. The highest BCUT2D eigenvalue weighted by molar-refractivity contribution is 5.70. The molecule has 7 N–H and O–H groups in total. The summed E-state index contributed by atoms with van der Waals surface area (Å²) >= 11 is 0. The second-order valence-corrected chi connectivity index (χ2v) is 19.1. The lowest BCUT2D eigenvalue weighted by molar-refractivity contribution is -0.332. The number of hydrogen-bond donors (Lipinski definition) is 7. The van der Waals surface area contributed by atoms with Crippen molar-refractivity contribution in [3.05, 3.63) is 48.6 Å². The van der Waals surface area contributed by atoms with Crippen LogP contribution in [0.4, 0.5) is 0 Å². The van der Waals surface area contributed by atoms with Crippen molar-refractivity contribution in [1.29, 1.82) is 0 Å². The van der Waals surface area contributed by atoms with Crippen molar-refractivity contribution in [3.8, 4) is 0 Å². The van der Waals surface area contributed by atoms with Gasteiger partial charge in [0.2, 0.25) is 0 Å². The van der Waals surface area contributed by atoms with Gasteiger partial charge < -0.3 is 64.2 Å². The molecule has 2 saturated heterocycles. The number of aliphatic hydroxyl groups is 7. The van der Waals surface area contributed by atoms with Gasteiger partial charge >= 0.3 is 11.9 Å². The standard InChI is InChI=1S/C55H96O15/c1-3-5-7-9-11-13-15-17-18-19-20-21-22-23-24-26-27-29-31-33-35-37-46(57)65-40-43(68-47(58)38-36-34-32-30-28-25-16-14-12-10-8-6-4-2)41-66-54-53(64)51(62)49(60)45(70-54)42-67-55-52(63)50(61)48(59)44(39-56)69-55/h6,8,10,12,14,16,21-22,43-45,48-56,59-64H,3-5,7,9,11,13,15,17-20,23-42H2,1-2H3/b8-6+,12-10+,16-14+,22-21+/t43?,44-,45-,48+,49+,50?,51?,52?,53?,54-,55-/m1/s1. The topological polar surface area (TPSA) is 231 Å². The highest BCUT2D eigenvalue weighted by Gasteiger charge is 2.47. The van der Waals surface area contributed by atoms with Crippen LogP contribution in [0.25, 0.3) is 0 Å². The SMILES string of the molecule is CC/C=C/C=C/C=C/CCCCCCCC(=O)OC(COC(=O)CCCCCCCCC/C=C/CCCCCCCCCCCC)CO[C@@H]1O[C@H](CO[C@@H]2O[C@H](CO)[C@H](O)C(O)C2O)[C@H](O)C(O)C1O. The third-order valence-electron chi connectivity index (χ3n) is 12.9. The minimum atomic E-state index is -1.77. The maximum atomic E-state index is 13.0. The fourth-order valence-electron chi connectivity index (χ4n) is 8.39. The molecule has 406 valence electrons. The quantitative estimate of drug-likeness (QED) is 0.0132. The van der Waals surface area contributed by atoms with E-state index < -0.39 is 99.3 Å². The predicted molar refractivity (Wildman–Crippen MR) is 270 cm³/mol. The van der Waals surface area contributed by atoms with Crippen molar-refractivity contribution in [1.82, 2.24) is 0 Å². The maximum absolute atomic E-state index is 13.0. The van der Waals surface area contributed by atoms with Gasteiger partial charge in [0, 0.05) is 12.8 Å². The third kappa shape index (κ3) is 29.2. The predicted octanol–water partition coefficient (Wildman–Crippen LogP) is 8.27. The number of ether oxygens (including phenoxy) is 6. The van der Waals surface area contributed by atoms with Crippen molar-refractivity contribution < 1.29 is 73.8 Å². The Labute approximate surface area is 420 Å². The molecule has 11 atom stereocenters. The monoisotopic (exact) mass is 997 g/mol. The van der Waals surface area contributed by atoms with Gasteiger partial charge in [-0.05, 0) is 57.8 Å². The molecule has 2 aliphatic rings. The Kier molecular flexibility index (Phi) is 38.0. The Bertz CT molecular complexity index is 1400. The highest BCUT2D eigenvalue weighted by Crippen LogP contribution is 2.26. The zero-order valence-corrected chi connectivity index (χ0v) is 43.0. The number of carbonyl (C=O) groups excluding carboxylic acids is 2. The van der Waals surface area contributed by atoms with Gasteiger partial charge in [0.1, 0.15) is 55.4 Å². The van der Waals surface area contributed by atoms with E-state index in [0.717, 1.165) is 64.2 Å². The fraction of sp³-hybridized carbons (Fsp3) is 0.818. The Morgan fingerprint density at radius 2 is 0.914 bits per heavy atom. The van der Waals surface area contributed by atoms with Gasteiger partial charge in [0.05, 0.1) is 19.8 Å². The zero-order chi connectivity index (χ0) is 51.0. The van der Waals surface area contributed by atoms with E-state index in [1.165, 1.54) is 89.9 Å². The normalized spacial score (nSPS) is 25.7. The Balaban J connectivity index is 1.76. The van der Waals surface area contributed by atoms with Crippen LogP contribution in [0.15, 0.2) is 48.6 Å². The summed E-state index contributed by atoms with van der Waals surface area (Å²) in [5.41, 5.74) is 0. The lowest BCUT2D eigenvalue weighted by atomic mass is 9.98. The number of esters is 2. The van der Waals surface area contributed by atoms with Crippen molar-refractivity contribution in [2.24, 2.45) is 0 Å². The van der Waals surface area contributed by atoms with Crippen molar-refractivity contribution >= 4 is 11.9 Å². The summed E-state index contributed by atoms with van der Waals surface area (Å²) in [7, 11) is 0. The second-order valence-electron chi connectivity index (χ2n) is 19.1. The molecule has 0 saturated carbocycles. The van der Waals surface area contributed by atoms with E-state index in [0.29, 0.717) is 12.8 Å². The van der Waals surface area contributed by atoms with Gasteiger partial charge in [-0.2, -0.15) is 0 Å². The summed E-state index contributed by atoms with van der Waals surface area (Å²) < 4.78 is 33.6. The van der Waals surface area contributed by atoms with E-state index in [1.807, 2.05) is 24.3 Å². The molecule has 2 aliphatic heterocycles. The molecule has 0 aliphatic carbocycles. The number of aliphatic hydroxyl groups excluding tert-OH is 7. The number of carbonyl (C=O) groups is 2. The van der Waals surface area contributed by atoms with E-state index in [-0.39, 0.29) is 19.4 Å². The molecule has 0 bridgehead atoms. The number of unbranched alkanes of at least 4 members (excludes halogenated alkanes) is 22. The largest absolute Gasteiger partial charge is 0.462 e. The molecule has 0 radical (unpaired) electrons. The van der Waals surface area contributed by atoms with Gasteiger partial charge in [0.15, 0.2) is 18.7 Å². The molecular weight excluding hydrogens is 901 g/mol. The summed E-state index contributed by atoms with van der Waals surface area (Å²) in [4.78, 5) is 25.8. The molecule has 5 unspecified atom stereocenters. The molecule has 15 heteroatoms. The molecule has 0 aromatic heterocycles. The number of rotatable bonds is 42. The van der Waals surface area contributed by atoms with E-state index in [4.69, 9.17) is 28.4 Å². The lowest BCUT2D eigenvalue weighted by Gasteiger charge is -2.42. The van der Waals surface area contributed by atoms with Crippen LogP contribution in [0.1, 0.15) is 194 Å². The van der Waals surface area contributed by atoms with Crippen LogP contribution >= 0.6 is 0 Å². The van der Waals surface area contributed by atoms with Crippen molar-refractivity contribution in [2.75, 3.05) is 26.4 Å². The lowest BCUT2D eigenvalue weighted by Crippen LogP contribution is -2.61. The van der Waals surface area contributed by atoms with Crippen LogP contribution in [0.2, 0.25) is 0 Å². The van der Waals surface area contributed by atoms with E-state index in [2.05, 4.69) is 38.2 Å². The first kappa shape index (κ1) is 63.6. The molecule has 2 rings (SSSR count). The minimum Gasteiger partial charge on any atom is -0.462 e. The molecule has 70 heavy (non-hydrogen) atoms. The molecule has 0 spiro atoms. The van der Waals surface area contributed by atoms with E-state index >= 15 is 0 Å². The second kappa shape index (κ2) is 41.9. The first-order valence-corrected chi connectivity index (χ1v) is 27.3. The van der Waals surface area contributed by atoms with Crippen LogP contribution in [0.5, 0.6) is 0 Å². The molecular formula is C55H96O15. The van der Waals surface area contributed by atoms with Crippen LogP contribution in [-0.4, -0.2) is 142 Å². The third-order valence-corrected chi connectivity index (χ3v) is 12.9. The fourth-order valence-corrected chi connectivity index (χ4v) is 8.39. The molecule has 2 fully saturated rings. The van der Waals surface area contributed by atoms with Crippen LogP contribution < -0.4 is 0 Å². The van der Waals surface area contributed by atoms with Gasteiger partial charge in [0.25, 0.3) is 0 Å². The molecule has 0 amide bonds. The number of allylic oxidation sites excluding steroid dienone is 8. The van der Waals surface area contributed by atoms with Gasteiger partial charge in [-0.25, -0.2) is 0 Å². The molecule has 0 aromatic carbocycles. The molecule has 0 aromatic rings. The smallest absolute Gasteiger partial charge is 0.306 e. The van der Waals surface area contributed by atoms with Crippen LogP contribution in [0, 0.1) is 0 Å². The first-order chi connectivity index (χ1) is 34.0. The van der Waals surface area contributed by atoms with Crippen LogP contribution in [0.3, 0.4) is 0 Å².